The number of hydrogen-bond acceptors (Lipinski definition) is 4. The largest absolute Gasteiger partial charge is 0.382 e. The minimum atomic E-state index is -0.0505. The first-order chi connectivity index (χ1) is 9.27. The molecule has 5 heteroatoms. The first-order valence-electron chi connectivity index (χ1n) is 6.36. The number of methoxy groups -OCH3 is 1. The summed E-state index contributed by atoms with van der Waals surface area (Å²) in [6, 6.07) is 9.84. The molecule has 5 nitrogen and oxygen atoms in total. The van der Waals surface area contributed by atoms with E-state index in [1.54, 1.807) is 12.0 Å². The van der Waals surface area contributed by atoms with Gasteiger partial charge in [-0.3, -0.25) is 4.79 Å². The zero-order valence-corrected chi connectivity index (χ0v) is 11.4. The fraction of sp³-hybridized carbons (Fsp3) is 0.500. The van der Waals surface area contributed by atoms with Crippen molar-refractivity contribution in [3.8, 4) is 0 Å². The summed E-state index contributed by atoms with van der Waals surface area (Å²) < 4.78 is 10.1. The third kappa shape index (κ3) is 6.33. The van der Waals surface area contributed by atoms with Crippen LogP contribution in [0.5, 0.6) is 0 Å². The van der Waals surface area contributed by atoms with E-state index < -0.39 is 0 Å². The van der Waals surface area contributed by atoms with Gasteiger partial charge in [-0.05, 0) is 5.56 Å². The van der Waals surface area contributed by atoms with Crippen LogP contribution in [0.2, 0.25) is 0 Å². The first-order valence-corrected chi connectivity index (χ1v) is 6.36. The standard InChI is InChI=1S/C14H22N2O3/c1-18-9-10-19-12-14(17)16(8-7-15)11-13-5-3-2-4-6-13/h2-6H,7-12,15H2,1H3. The maximum absolute atomic E-state index is 12.0. The highest BCUT2D eigenvalue weighted by molar-refractivity contribution is 5.77. The SMILES string of the molecule is COCCOCC(=O)N(CCN)Cc1ccccc1. The van der Waals surface area contributed by atoms with Crippen molar-refractivity contribution in [3.05, 3.63) is 35.9 Å². The van der Waals surface area contributed by atoms with Gasteiger partial charge < -0.3 is 20.1 Å². The van der Waals surface area contributed by atoms with Gasteiger partial charge in [0.15, 0.2) is 0 Å². The van der Waals surface area contributed by atoms with Gasteiger partial charge in [0.1, 0.15) is 6.61 Å². The van der Waals surface area contributed by atoms with E-state index in [0.29, 0.717) is 32.8 Å². The van der Waals surface area contributed by atoms with Gasteiger partial charge in [-0.15, -0.1) is 0 Å². The van der Waals surface area contributed by atoms with Gasteiger partial charge in [0.25, 0.3) is 0 Å². The van der Waals surface area contributed by atoms with E-state index in [2.05, 4.69) is 0 Å². The summed E-state index contributed by atoms with van der Waals surface area (Å²) in [5.41, 5.74) is 6.63. The molecule has 0 radical (unpaired) electrons. The number of ether oxygens (including phenoxy) is 2. The minimum absolute atomic E-state index is 0.0505. The Bertz CT molecular complexity index is 357. The molecule has 0 saturated carbocycles. The molecular formula is C14H22N2O3. The monoisotopic (exact) mass is 266 g/mol. The van der Waals surface area contributed by atoms with Crippen LogP contribution in [0.4, 0.5) is 0 Å². The molecule has 0 aliphatic carbocycles. The number of carbonyl (C=O) groups is 1. The molecule has 1 rings (SSSR count). The van der Waals surface area contributed by atoms with E-state index in [9.17, 15) is 4.79 Å². The molecule has 1 amide bonds. The van der Waals surface area contributed by atoms with Gasteiger partial charge in [0.2, 0.25) is 5.91 Å². The predicted molar refractivity (Wildman–Crippen MR) is 73.6 cm³/mol. The molecule has 0 atom stereocenters. The highest BCUT2D eigenvalue weighted by Gasteiger charge is 2.13. The fourth-order valence-corrected chi connectivity index (χ4v) is 1.64. The second-order valence-electron chi connectivity index (χ2n) is 4.13. The summed E-state index contributed by atoms with van der Waals surface area (Å²) in [6.45, 7) is 2.51. The van der Waals surface area contributed by atoms with Crippen LogP contribution in [0.3, 0.4) is 0 Å². The molecule has 0 aromatic heterocycles. The van der Waals surface area contributed by atoms with Crippen LogP contribution in [-0.4, -0.2) is 50.8 Å². The molecule has 0 aliphatic rings. The molecular weight excluding hydrogens is 244 g/mol. The van der Waals surface area contributed by atoms with Crippen molar-refractivity contribution in [2.75, 3.05) is 40.0 Å². The Hall–Kier alpha value is -1.43. The molecule has 0 saturated heterocycles. The number of rotatable bonds is 9. The maximum Gasteiger partial charge on any atom is 0.248 e. The zero-order chi connectivity index (χ0) is 13.9. The van der Waals surface area contributed by atoms with Crippen LogP contribution < -0.4 is 5.73 Å². The quantitative estimate of drug-likeness (QED) is 0.666. The highest BCUT2D eigenvalue weighted by Crippen LogP contribution is 2.04. The van der Waals surface area contributed by atoms with Crippen LogP contribution in [0.25, 0.3) is 0 Å². The Morgan fingerprint density at radius 1 is 1.26 bits per heavy atom. The number of carbonyl (C=O) groups excluding carboxylic acids is 1. The maximum atomic E-state index is 12.0. The van der Waals surface area contributed by atoms with E-state index in [-0.39, 0.29) is 12.5 Å². The Labute approximate surface area is 114 Å². The van der Waals surface area contributed by atoms with Gasteiger partial charge in [-0.25, -0.2) is 0 Å². The van der Waals surface area contributed by atoms with Crippen molar-refractivity contribution < 1.29 is 14.3 Å². The number of benzene rings is 1. The molecule has 0 bridgehead atoms. The third-order valence-corrected chi connectivity index (χ3v) is 2.63. The van der Waals surface area contributed by atoms with Gasteiger partial charge in [-0.2, -0.15) is 0 Å². The van der Waals surface area contributed by atoms with E-state index in [0.717, 1.165) is 5.56 Å². The van der Waals surface area contributed by atoms with Crippen LogP contribution in [-0.2, 0) is 20.8 Å². The van der Waals surface area contributed by atoms with Crippen molar-refractivity contribution >= 4 is 5.91 Å². The lowest BCUT2D eigenvalue weighted by atomic mass is 10.2. The van der Waals surface area contributed by atoms with Crippen LogP contribution in [0.1, 0.15) is 5.56 Å². The van der Waals surface area contributed by atoms with E-state index in [4.69, 9.17) is 15.2 Å². The summed E-state index contributed by atoms with van der Waals surface area (Å²) >= 11 is 0. The zero-order valence-electron chi connectivity index (χ0n) is 11.4. The number of nitrogens with zero attached hydrogens (tertiary/aromatic N) is 1. The number of amides is 1. The second kappa shape index (κ2) is 9.49. The first kappa shape index (κ1) is 15.6. The van der Waals surface area contributed by atoms with Gasteiger partial charge in [0.05, 0.1) is 13.2 Å². The molecule has 19 heavy (non-hydrogen) atoms. The predicted octanol–water partition coefficient (Wildman–Crippen LogP) is 0.637. The molecule has 0 fully saturated rings. The van der Waals surface area contributed by atoms with Crippen molar-refractivity contribution in [2.24, 2.45) is 5.73 Å². The lowest BCUT2D eigenvalue weighted by molar-refractivity contribution is -0.137. The average Bonchev–Trinajstić information content (AvgIpc) is 2.44. The van der Waals surface area contributed by atoms with Gasteiger partial charge >= 0.3 is 0 Å². The molecule has 1 aromatic carbocycles. The lowest BCUT2D eigenvalue weighted by Crippen LogP contribution is -2.37. The molecule has 0 heterocycles. The summed E-state index contributed by atoms with van der Waals surface area (Å²) in [7, 11) is 1.60. The molecule has 106 valence electrons. The fourth-order valence-electron chi connectivity index (χ4n) is 1.64. The molecule has 0 aliphatic heterocycles. The Balaban J connectivity index is 2.44. The van der Waals surface area contributed by atoms with Gasteiger partial charge in [-0.1, -0.05) is 30.3 Å². The molecule has 0 unspecified atom stereocenters. The van der Waals surface area contributed by atoms with E-state index in [1.165, 1.54) is 0 Å². The van der Waals surface area contributed by atoms with Crippen LogP contribution in [0.15, 0.2) is 30.3 Å². The lowest BCUT2D eigenvalue weighted by Gasteiger charge is -2.22. The highest BCUT2D eigenvalue weighted by atomic mass is 16.5. The third-order valence-electron chi connectivity index (χ3n) is 2.63. The topological polar surface area (TPSA) is 64.8 Å². The van der Waals surface area contributed by atoms with E-state index in [1.807, 2.05) is 30.3 Å². The molecule has 2 N–H and O–H groups in total. The number of nitrogens with two attached hydrogens (primary N) is 1. The summed E-state index contributed by atoms with van der Waals surface area (Å²) in [4.78, 5) is 13.7. The van der Waals surface area contributed by atoms with Gasteiger partial charge in [0, 0.05) is 26.7 Å². The Kier molecular flexibility index (Phi) is 7.81. The van der Waals surface area contributed by atoms with E-state index >= 15 is 0 Å². The number of hydrogen-bond donors (Lipinski definition) is 1. The van der Waals surface area contributed by atoms with Crippen molar-refractivity contribution in [3.63, 3.8) is 0 Å². The van der Waals surface area contributed by atoms with Crippen LogP contribution >= 0.6 is 0 Å². The molecule has 1 aromatic rings. The second-order valence-corrected chi connectivity index (χ2v) is 4.13. The minimum Gasteiger partial charge on any atom is -0.382 e. The average molecular weight is 266 g/mol. The van der Waals surface area contributed by atoms with Crippen molar-refractivity contribution in [2.45, 2.75) is 6.54 Å². The van der Waals surface area contributed by atoms with Crippen LogP contribution in [0, 0.1) is 0 Å². The normalized spacial score (nSPS) is 10.4. The Morgan fingerprint density at radius 3 is 2.63 bits per heavy atom. The molecule has 0 spiro atoms. The summed E-state index contributed by atoms with van der Waals surface area (Å²) in [5, 5.41) is 0. The Morgan fingerprint density at radius 2 is 2.00 bits per heavy atom. The van der Waals surface area contributed by atoms with Crippen molar-refractivity contribution in [1.29, 1.82) is 0 Å². The summed E-state index contributed by atoms with van der Waals surface area (Å²) in [6.07, 6.45) is 0. The van der Waals surface area contributed by atoms with Crippen molar-refractivity contribution in [1.82, 2.24) is 4.90 Å². The summed E-state index contributed by atoms with van der Waals surface area (Å²) in [5.74, 6) is -0.0505. The smallest absolute Gasteiger partial charge is 0.248 e.